The molecule has 0 amide bonds. The van der Waals surface area contributed by atoms with E-state index in [0.29, 0.717) is 13.1 Å². The summed E-state index contributed by atoms with van der Waals surface area (Å²) >= 11 is 0. The minimum atomic E-state index is -3.73. The highest BCUT2D eigenvalue weighted by Gasteiger charge is 2.37. The van der Waals surface area contributed by atoms with Crippen LogP contribution in [0, 0.1) is 0 Å². The van der Waals surface area contributed by atoms with E-state index in [9.17, 15) is 13.2 Å². The average Bonchev–Trinajstić information content (AvgIpc) is 2.13. The van der Waals surface area contributed by atoms with Crippen molar-refractivity contribution in [3.05, 3.63) is 0 Å². The first kappa shape index (κ1) is 16.3. The van der Waals surface area contributed by atoms with Gasteiger partial charge in [0.2, 0.25) is 0 Å². The Bertz CT molecular complexity index is 355. The average molecular weight is 266 g/mol. The third-order valence-electron chi connectivity index (χ3n) is 2.34. The van der Waals surface area contributed by atoms with Crippen LogP contribution in [-0.2, 0) is 15.0 Å². The van der Waals surface area contributed by atoms with E-state index in [4.69, 9.17) is 5.11 Å². The monoisotopic (exact) mass is 266 g/mol. The van der Waals surface area contributed by atoms with Crippen molar-refractivity contribution >= 4 is 16.2 Å². The van der Waals surface area contributed by atoms with Gasteiger partial charge in [0.15, 0.2) is 0 Å². The van der Waals surface area contributed by atoms with Gasteiger partial charge in [0.25, 0.3) is 10.2 Å². The normalized spacial score (nSPS) is 13.4. The first-order chi connectivity index (χ1) is 7.57. The van der Waals surface area contributed by atoms with Crippen LogP contribution in [0.2, 0.25) is 0 Å². The molecule has 0 aromatic rings. The number of hydrogen-bond acceptors (Lipinski definition) is 3. The molecular weight excluding hydrogens is 244 g/mol. The Hall–Kier alpha value is -0.660. The van der Waals surface area contributed by atoms with Crippen LogP contribution < -0.4 is 0 Å². The molecule has 0 aromatic heterocycles. The highest BCUT2D eigenvalue weighted by molar-refractivity contribution is 7.86. The van der Waals surface area contributed by atoms with Gasteiger partial charge in [-0.1, -0.05) is 13.8 Å². The Morgan fingerprint density at radius 1 is 1.18 bits per heavy atom. The van der Waals surface area contributed by atoms with E-state index in [0.717, 1.165) is 4.31 Å². The van der Waals surface area contributed by atoms with Gasteiger partial charge in [0.1, 0.15) is 6.54 Å². The minimum Gasteiger partial charge on any atom is -0.480 e. The zero-order valence-electron chi connectivity index (χ0n) is 11.1. The Balaban J connectivity index is 5.38. The van der Waals surface area contributed by atoms with Crippen LogP contribution in [0.15, 0.2) is 0 Å². The summed E-state index contributed by atoms with van der Waals surface area (Å²) in [5, 5.41) is 8.81. The summed E-state index contributed by atoms with van der Waals surface area (Å²) in [6.07, 6.45) is 0. The molecule has 0 saturated carbocycles. The Kier molecular flexibility index (Phi) is 5.57. The molecule has 0 aliphatic heterocycles. The summed E-state index contributed by atoms with van der Waals surface area (Å²) in [6.45, 7) is 8.61. The first-order valence-electron chi connectivity index (χ1n) is 5.57. The number of aliphatic carboxylic acids is 1. The molecule has 0 radical (unpaired) electrons. The van der Waals surface area contributed by atoms with Crippen molar-refractivity contribution in [1.29, 1.82) is 0 Å². The smallest absolute Gasteiger partial charge is 0.318 e. The Morgan fingerprint density at radius 3 is 1.82 bits per heavy atom. The lowest BCUT2D eigenvalue weighted by Crippen LogP contribution is -2.53. The van der Waals surface area contributed by atoms with E-state index >= 15 is 0 Å². The van der Waals surface area contributed by atoms with Gasteiger partial charge in [-0.3, -0.25) is 4.79 Å². The summed E-state index contributed by atoms with van der Waals surface area (Å²) < 4.78 is 26.8. The molecule has 0 unspecified atom stereocenters. The molecule has 0 bridgehead atoms. The Labute approximate surface area is 103 Å². The van der Waals surface area contributed by atoms with Crippen molar-refractivity contribution in [3.8, 4) is 0 Å². The van der Waals surface area contributed by atoms with Crippen molar-refractivity contribution in [2.24, 2.45) is 0 Å². The molecule has 0 rings (SSSR count). The number of carboxylic acids is 1. The molecule has 17 heavy (non-hydrogen) atoms. The predicted molar refractivity (Wildman–Crippen MR) is 65.9 cm³/mol. The summed E-state index contributed by atoms with van der Waals surface area (Å²) in [5.41, 5.74) is -0.764. The Morgan fingerprint density at radius 2 is 1.59 bits per heavy atom. The van der Waals surface area contributed by atoms with Crippen LogP contribution in [-0.4, -0.2) is 53.3 Å². The highest BCUT2D eigenvalue weighted by Crippen LogP contribution is 2.20. The fourth-order valence-corrected chi connectivity index (χ4v) is 3.37. The van der Waals surface area contributed by atoms with Crippen LogP contribution in [0.4, 0.5) is 0 Å². The third kappa shape index (κ3) is 4.25. The maximum absolute atomic E-state index is 12.3. The van der Waals surface area contributed by atoms with Gasteiger partial charge in [-0.2, -0.15) is 17.0 Å². The van der Waals surface area contributed by atoms with Gasteiger partial charge in [-0.05, 0) is 20.8 Å². The van der Waals surface area contributed by atoms with Gasteiger partial charge in [0, 0.05) is 18.6 Å². The summed E-state index contributed by atoms with van der Waals surface area (Å²) in [7, 11) is -3.73. The maximum Gasteiger partial charge on any atom is 0.318 e. The van der Waals surface area contributed by atoms with E-state index in [2.05, 4.69) is 0 Å². The van der Waals surface area contributed by atoms with Crippen molar-refractivity contribution < 1.29 is 18.3 Å². The van der Waals surface area contributed by atoms with E-state index < -0.39 is 28.3 Å². The fraction of sp³-hybridized carbons (Fsp3) is 0.900. The number of carbonyl (C=O) groups is 1. The number of rotatable bonds is 6. The van der Waals surface area contributed by atoms with Crippen LogP contribution >= 0.6 is 0 Å². The molecule has 6 nitrogen and oxygen atoms in total. The molecule has 0 aliphatic rings. The SMILES string of the molecule is CCN(CC)S(=O)(=O)N(CC(=O)O)C(C)(C)C. The zero-order valence-corrected chi connectivity index (χ0v) is 11.9. The fourth-order valence-electron chi connectivity index (χ4n) is 1.48. The van der Waals surface area contributed by atoms with E-state index in [1.165, 1.54) is 4.31 Å². The molecule has 1 N–H and O–H groups in total. The second kappa shape index (κ2) is 5.79. The van der Waals surface area contributed by atoms with Gasteiger partial charge in [0.05, 0.1) is 0 Å². The molecule has 0 spiro atoms. The van der Waals surface area contributed by atoms with E-state index in [1.54, 1.807) is 34.6 Å². The third-order valence-corrected chi connectivity index (χ3v) is 4.74. The molecule has 102 valence electrons. The van der Waals surface area contributed by atoms with E-state index in [-0.39, 0.29) is 0 Å². The number of hydrogen-bond donors (Lipinski definition) is 1. The second-order valence-electron chi connectivity index (χ2n) is 4.66. The van der Waals surface area contributed by atoms with Crippen molar-refractivity contribution in [3.63, 3.8) is 0 Å². The van der Waals surface area contributed by atoms with Crippen LogP contribution in [0.1, 0.15) is 34.6 Å². The molecule has 7 heteroatoms. The quantitative estimate of drug-likeness (QED) is 0.770. The van der Waals surface area contributed by atoms with Gasteiger partial charge in [-0.15, -0.1) is 0 Å². The lowest BCUT2D eigenvalue weighted by molar-refractivity contribution is -0.138. The van der Waals surface area contributed by atoms with Gasteiger partial charge >= 0.3 is 5.97 Å². The molecule has 0 fully saturated rings. The molecule has 0 saturated heterocycles. The van der Waals surface area contributed by atoms with Crippen LogP contribution in [0.25, 0.3) is 0 Å². The van der Waals surface area contributed by atoms with Gasteiger partial charge < -0.3 is 5.11 Å². The van der Waals surface area contributed by atoms with Crippen LogP contribution in [0.5, 0.6) is 0 Å². The first-order valence-corrected chi connectivity index (χ1v) is 6.96. The van der Waals surface area contributed by atoms with Crippen molar-refractivity contribution in [1.82, 2.24) is 8.61 Å². The molecule has 0 heterocycles. The molecule has 0 aromatic carbocycles. The van der Waals surface area contributed by atoms with Gasteiger partial charge in [-0.25, -0.2) is 0 Å². The second-order valence-corrected chi connectivity index (χ2v) is 6.52. The lowest BCUT2D eigenvalue weighted by Gasteiger charge is -2.36. The highest BCUT2D eigenvalue weighted by atomic mass is 32.2. The minimum absolute atomic E-state index is 0.324. The summed E-state index contributed by atoms with van der Waals surface area (Å²) in [6, 6.07) is 0. The summed E-state index contributed by atoms with van der Waals surface area (Å²) in [5.74, 6) is -1.16. The topological polar surface area (TPSA) is 77.9 Å². The standard InChI is InChI=1S/C10H22N2O4S/c1-6-11(7-2)17(15,16)12(8-9(13)14)10(3,4)5/h6-8H2,1-5H3,(H,13,14). The zero-order chi connectivity index (χ0) is 13.9. The predicted octanol–water partition coefficient (Wildman–Crippen LogP) is 0.758. The molecular formula is C10H22N2O4S. The molecule has 0 aliphatic carbocycles. The van der Waals surface area contributed by atoms with Crippen molar-refractivity contribution in [2.75, 3.05) is 19.6 Å². The lowest BCUT2D eigenvalue weighted by atomic mass is 10.1. The summed E-state index contributed by atoms with van der Waals surface area (Å²) in [4.78, 5) is 10.8. The van der Waals surface area contributed by atoms with Crippen molar-refractivity contribution in [2.45, 2.75) is 40.2 Å². The number of carboxylic acid groups (broad SMARTS) is 1. The van der Waals surface area contributed by atoms with Crippen LogP contribution in [0.3, 0.4) is 0 Å². The largest absolute Gasteiger partial charge is 0.480 e. The number of nitrogens with zero attached hydrogens (tertiary/aromatic N) is 2. The molecule has 0 atom stereocenters. The van der Waals surface area contributed by atoms with E-state index in [1.807, 2.05) is 0 Å². The maximum atomic E-state index is 12.3.